The quantitative estimate of drug-likeness (QED) is 0.697. The molecule has 7 nitrogen and oxygen atoms in total. The molecule has 2 amide bonds. The minimum atomic E-state index is -0.232. The minimum absolute atomic E-state index is 0.0813. The van der Waals surface area contributed by atoms with Crippen LogP contribution >= 0.6 is 11.6 Å². The molecule has 8 heteroatoms. The van der Waals surface area contributed by atoms with E-state index in [0.29, 0.717) is 47.8 Å². The molecule has 0 saturated heterocycles. The number of fused-ring (bicyclic) bond motifs is 1. The first kappa shape index (κ1) is 20.6. The Morgan fingerprint density at radius 2 is 2.20 bits per heavy atom. The zero-order valence-corrected chi connectivity index (χ0v) is 17.9. The third-order valence-electron chi connectivity index (χ3n) is 5.60. The monoisotopic (exact) mass is 428 g/mol. The third kappa shape index (κ3) is 4.26. The number of nitrogens with zero attached hydrogens (tertiary/aromatic N) is 3. The lowest BCUT2D eigenvalue weighted by Gasteiger charge is -2.25. The number of aromatic nitrogens is 2. The molecule has 158 valence electrons. The van der Waals surface area contributed by atoms with Crippen LogP contribution in [0.5, 0.6) is 5.88 Å². The van der Waals surface area contributed by atoms with E-state index in [1.54, 1.807) is 23.4 Å². The van der Waals surface area contributed by atoms with E-state index in [4.69, 9.17) is 16.3 Å². The van der Waals surface area contributed by atoms with E-state index in [0.717, 1.165) is 11.1 Å². The summed E-state index contributed by atoms with van der Waals surface area (Å²) in [5.74, 6) is 0.866. The second-order valence-electron chi connectivity index (χ2n) is 7.83. The van der Waals surface area contributed by atoms with Crippen molar-refractivity contribution in [2.45, 2.75) is 45.7 Å². The summed E-state index contributed by atoms with van der Waals surface area (Å²) >= 11 is 6.38. The number of nitrogens with one attached hydrogen (secondary N) is 1. The van der Waals surface area contributed by atoms with Gasteiger partial charge < -0.3 is 15.0 Å². The highest BCUT2D eigenvalue weighted by Crippen LogP contribution is 2.35. The summed E-state index contributed by atoms with van der Waals surface area (Å²) in [6.45, 7) is 5.41. The van der Waals surface area contributed by atoms with E-state index in [-0.39, 0.29) is 24.3 Å². The van der Waals surface area contributed by atoms with Crippen molar-refractivity contribution in [2.24, 2.45) is 5.92 Å². The molecule has 30 heavy (non-hydrogen) atoms. The van der Waals surface area contributed by atoms with E-state index in [1.807, 2.05) is 19.9 Å². The summed E-state index contributed by atoms with van der Waals surface area (Å²) < 4.78 is 5.70. The van der Waals surface area contributed by atoms with Gasteiger partial charge in [0.15, 0.2) is 0 Å². The fourth-order valence-electron chi connectivity index (χ4n) is 3.62. The lowest BCUT2D eigenvalue weighted by atomic mass is 10.1. The normalized spacial score (nSPS) is 16.4. The minimum Gasteiger partial charge on any atom is -0.476 e. The molecule has 1 saturated carbocycles. The molecule has 1 atom stereocenters. The molecule has 3 heterocycles. The average Bonchev–Trinajstić information content (AvgIpc) is 3.49. The van der Waals surface area contributed by atoms with Crippen LogP contribution in [-0.4, -0.2) is 39.8 Å². The summed E-state index contributed by atoms with van der Waals surface area (Å²) in [7, 11) is 0. The lowest BCUT2D eigenvalue weighted by Crippen LogP contribution is -2.27. The van der Waals surface area contributed by atoms with Crippen molar-refractivity contribution in [3.63, 3.8) is 0 Å². The van der Waals surface area contributed by atoms with E-state index < -0.39 is 0 Å². The molecule has 1 aliphatic carbocycles. The van der Waals surface area contributed by atoms with Crippen LogP contribution in [0.2, 0.25) is 5.02 Å². The fraction of sp³-hybridized carbons (Fsp3) is 0.455. The predicted molar refractivity (Wildman–Crippen MR) is 112 cm³/mol. The highest BCUT2D eigenvalue weighted by molar-refractivity contribution is 6.31. The molecule has 1 aliphatic heterocycles. The van der Waals surface area contributed by atoms with Crippen LogP contribution in [0.3, 0.4) is 0 Å². The first-order chi connectivity index (χ1) is 14.5. The first-order valence-corrected chi connectivity index (χ1v) is 10.7. The number of rotatable bonds is 8. The predicted octanol–water partition coefficient (Wildman–Crippen LogP) is 3.31. The van der Waals surface area contributed by atoms with Crippen molar-refractivity contribution >= 4 is 23.4 Å². The number of likely N-dealkylation sites (N-methyl/N-ethyl adjacent to an activating group) is 1. The number of halogens is 1. The van der Waals surface area contributed by atoms with Crippen molar-refractivity contribution in [3.05, 3.63) is 51.9 Å². The van der Waals surface area contributed by atoms with Gasteiger partial charge >= 0.3 is 0 Å². The van der Waals surface area contributed by atoms with Gasteiger partial charge in [-0.05, 0) is 50.3 Å². The molecular formula is C22H25ClN4O3. The number of pyridine rings is 2. The topological polar surface area (TPSA) is 84.4 Å². The largest absolute Gasteiger partial charge is 0.476 e. The molecule has 0 spiro atoms. The molecule has 2 aromatic rings. The number of ether oxygens (including phenoxy) is 1. The molecule has 1 unspecified atom stereocenters. The van der Waals surface area contributed by atoms with Gasteiger partial charge in [-0.15, -0.1) is 0 Å². The van der Waals surface area contributed by atoms with E-state index in [1.165, 1.54) is 12.8 Å². The Balaban J connectivity index is 1.50. The SMILES string of the molecule is CCNC(=O)Cc1nccc2c1CN(C(C)c1cnc(OCC3CC3)c(Cl)c1)C2=O. The summed E-state index contributed by atoms with van der Waals surface area (Å²) in [5.41, 5.74) is 2.88. The first-order valence-electron chi connectivity index (χ1n) is 10.3. The standard InChI is InChI=1S/C22H25ClN4O3/c1-3-24-20(28)9-19-17-11-27(22(29)16(17)6-7-25-19)13(2)15-8-18(23)21(26-10-15)30-12-14-4-5-14/h6-8,10,13-14H,3-5,9,11-12H2,1-2H3,(H,24,28). The van der Waals surface area contributed by atoms with E-state index >= 15 is 0 Å². The molecule has 1 fully saturated rings. The van der Waals surface area contributed by atoms with Gasteiger partial charge in [-0.2, -0.15) is 0 Å². The average molecular weight is 429 g/mol. The molecule has 0 aromatic carbocycles. The highest BCUT2D eigenvalue weighted by Gasteiger charge is 2.34. The molecule has 4 rings (SSSR count). The summed E-state index contributed by atoms with van der Waals surface area (Å²) in [4.78, 5) is 35.5. The Hall–Kier alpha value is -2.67. The maximum absolute atomic E-state index is 13.0. The van der Waals surface area contributed by atoms with Gasteiger partial charge in [-0.1, -0.05) is 11.6 Å². The maximum atomic E-state index is 13.0. The number of amides is 2. The van der Waals surface area contributed by atoms with Crippen molar-refractivity contribution in [1.29, 1.82) is 0 Å². The zero-order chi connectivity index (χ0) is 21.3. The van der Waals surface area contributed by atoms with Crippen LogP contribution in [0.25, 0.3) is 0 Å². The van der Waals surface area contributed by atoms with Crippen molar-refractivity contribution in [1.82, 2.24) is 20.2 Å². The van der Waals surface area contributed by atoms with Crippen molar-refractivity contribution in [2.75, 3.05) is 13.2 Å². The van der Waals surface area contributed by atoms with Crippen LogP contribution in [0, 0.1) is 5.92 Å². The third-order valence-corrected chi connectivity index (χ3v) is 5.87. The van der Waals surface area contributed by atoms with Crippen LogP contribution in [0.4, 0.5) is 0 Å². The van der Waals surface area contributed by atoms with E-state index in [9.17, 15) is 9.59 Å². The van der Waals surface area contributed by atoms with Gasteiger partial charge in [0.1, 0.15) is 5.02 Å². The number of hydrogen-bond donors (Lipinski definition) is 1. The Morgan fingerprint density at radius 3 is 2.90 bits per heavy atom. The van der Waals surface area contributed by atoms with Crippen LogP contribution in [0.1, 0.15) is 59.9 Å². The Bertz CT molecular complexity index is 977. The summed E-state index contributed by atoms with van der Waals surface area (Å²) in [6.07, 6.45) is 5.85. The zero-order valence-electron chi connectivity index (χ0n) is 17.2. The van der Waals surface area contributed by atoms with Gasteiger partial charge in [0, 0.05) is 36.6 Å². The smallest absolute Gasteiger partial charge is 0.255 e. The van der Waals surface area contributed by atoms with Crippen molar-refractivity contribution in [3.8, 4) is 5.88 Å². The molecule has 0 radical (unpaired) electrons. The number of carbonyl (C=O) groups is 2. The molecular weight excluding hydrogens is 404 g/mol. The number of carbonyl (C=O) groups excluding carboxylic acids is 2. The fourth-order valence-corrected chi connectivity index (χ4v) is 3.85. The Morgan fingerprint density at radius 1 is 1.40 bits per heavy atom. The second kappa shape index (κ2) is 8.60. The highest BCUT2D eigenvalue weighted by atomic mass is 35.5. The number of hydrogen-bond acceptors (Lipinski definition) is 5. The Labute approximate surface area is 180 Å². The van der Waals surface area contributed by atoms with Crippen LogP contribution in [-0.2, 0) is 17.8 Å². The van der Waals surface area contributed by atoms with Gasteiger partial charge in [0.2, 0.25) is 11.8 Å². The lowest BCUT2D eigenvalue weighted by molar-refractivity contribution is -0.120. The van der Waals surface area contributed by atoms with Crippen LogP contribution in [0.15, 0.2) is 24.5 Å². The summed E-state index contributed by atoms with van der Waals surface area (Å²) in [6, 6.07) is 3.29. The van der Waals surface area contributed by atoms with Gasteiger partial charge in [-0.3, -0.25) is 14.6 Å². The van der Waals surface area contributed by atoms with Crippen molar-refractivity contribution < 1.29 is 14.3 Å². The van der Waals surface area contributed by atoms with Gasteiger partial charge in [0.05, 0.1) is 24.8 Å². The maximum Gasteiger partial charge on any atom is 0.255 e. The second-order valence-corrected chi connectivity index (χ2v) is 8.24. The van der Waals surface area contributed by atoms with Gasteiger partial charge in [-0.25, -0.2) is 4.98 Å². The molecule has 1 N–H and O–H groups in total. The van der Waals surface area contributed by atoms with Gasteiger partial charge in [0.25, 0.3) is 5.91 Å². The molecule has 2 aliphatic rings. The molecule has 0 bridgehead atoms. The van der Waals surface area contributed by atoms with E-state index in [2.05, 4.69) is 15.3 Å². The summed E-state index contributed by atoms with van der Waals surface area (Å²) in [5, 5.41) is 3.22. The molecule has 2 aromatic heterocycles. The van der Waals surface area contributed by atoms with Crippen LogP contribution < -0.4 is 10.1 Å². The Kier molecular flexibility index (Phi) is 5.90.